The van der Waals surface area contributed by atoms with Crippen molar-refractivity contribution in [2.24, 2.45) is 0 Å². The molecular formula is C26H34O7Si. The second kappa shape index (κ2) is 10.5. The molecule has 0 heterocycles. The number of hydrogen-bond acceptors (Lipinski definition) is 7. The molecule has 0 saturated heterocycles. The summed E-state index contributed by atoms with van der Waals surface area (Å²) in [6.45, 7) is 6.49. The zero-order chi connectivity index (χ0) is 25.0. The van der Waals surface area contributed by atoms with Crippen LogP contribution in [-0.2, 0) is 9.22 Å². The summed E-state index contributed by atoms with van der Waals surface area (Å²) in [7, 11) is 6.94. The Morgan fingerprint density at radius 3 is 1.82 bits per heavy atom. The average molecular weight is 487 g/mol. The minimum absolute atomic E-state index is 0.00645. The van der Waals surface area contributed by atoms with Crippen LogP contribution >= 0.6 is 0 Å². The first-order chi connectivity index (χ1) is 16.2. The maximum atomic E-state index is 13.4. The molecule has 0 aromatic heterocycles. The molecule has 3 rings (SSSR count). The van der Waals surface area contributed by atoms with Crippen molar-refractivity contribution in [3.05, 3.63) is 41.5 Å². The standard InChI is InChI=1S/C26H34O7Si/c1-26(2,3)34-33-20-14-17(27)23(16-12-21(30-6)25(32-8)22(13-16)31-7)24(20)15-9-10-18(28-4)19(11-15)29-5/h9-13,20H,14,34H2,1-8H3. The number of methoxy groups -OCH3 is 5. The number of Topliss-reactive ketones (excluding diaryl/α,β-unsaturated/α-hetero) is 1. The molecule has 2 aromatic carbocycles. The Kier molecular flexibility index (Phi) is 7.94. The molecule has 1 aliphatic carbocycles. The van der Waals surface area contributed by atoms with Crippen LogP contribution in [0.25, 0.3) is 11.1 Å². The fourth-order valence-electron chi connectivity index (χ4n) is 4.05. The molecular weight excluding hydrogens is 452 g/mol. The van der Waals surface area contributed by atoms with Gasteiger partial charge in [-0.15, -0.1) is 0 Å². The van der Waals surface area contributed by atoms with Crippen LogP contribution in [0.5, 0.6) is 28.7 Å². The van der Waals surface area contributed by atoms with E-state index in [1.54, 1.807) is 47.7 Å². The lowest BCUT2D eigenvalue weighted by Gasteiger charge is -2.23. The van der Waals surface area contributed by atoms with Gasteiger partial charge in [-0.3, -0.25) is 4.79 Å². The van der Waals surface area contributed by atoms with Crippen LogP contribution in [0.2, 0.25) is 5.04 Å². The van der Waals surface area contributed by atoms with Crippen molar-refractivity contribution in [1.82, 2.24) is 0 Å². The molecule has 0 aliphatic heterocycles. The highest BCUT2D eigenvalue weighted by molar-refractivity contribution is 6.35. The van der Waals surface area contributed by atoms with E-state index in [1.807, 2.05) is 18.2 Å². The molecule has 1 atom stereocenters. The fourth-order valence-corrected chi connectivity index (χ4v) is 5.04. The van der Waals surface area contributed by atoms with Gasteiger partial charge in [-0.25, -0.2) is 0 Å². The van der Waals surface area contributed by atoms with Crippen molar-refractivity contribution in [3.63, 3.8) is 0 Å². The maximum absolute atomic E-state index is 13.4. The average Bonchev–Trinajstić information content (AvgIpc) is 3.16. The van der Waals surface area contributed by atoms with Crippen LogP contribution in [0.15, 0.2) is 30.3 Å². The van der Waals surface area contributed by atoms with Crippen molar-refractivity contribution in [3.8, 4) is 28.7 Å². The van der Waals surface area contributed by atoms with E-state index in [0.717, 1.165) is 11.1 Å². The lowest BCUT2D eigenvalue weighted by molar-refractivity contribution is -0.114. The van der Waals surface area contributed by atoms with E-state index in [9.17, 15) is 4.79 Å². The largest absolute Gasteiger partial charge is 0.493 e. The molecule has 0 amide bonds. The number of carbonyl (C=O) groups is 1. The summed E-state index contributed by atoms with van der Waals surface area (Å²) in [6, 6.07) is 9.27. The van der Waals surface area contributed by atoms with Crippen molar-refractivity contribution < 1.29 is 32.9 Å². The topological polar surface area (TPSA) is 72.5 Å². The van der Waals surface area contributed by atoms with Gasteiger partial charge >= 0.3 is 0 Å². The van der Waals surface area contributed by atoms with E-state index in [1.165, 1.54) is 0 Å². The van der Waals surface area contributed by atoms with E-state index in [-0.39, 0.29) is 23.3 Å². The summed E-state index contributed by atoms with van der Waals surface area (Å²) in [5.41, 5.74) is 2.95. The Labute approximate surface area is 203 Å². The third-order valence-electron chi connectivity index (χ3n) is 5.61. The number of benzene rings is 2. The Balaban J connectivity index is 2.25. The molecule has 1 unspecified atom stereocenters. The van der Waals surface area contributed by atoms with Gasteiger partial charge in [-0.1, -0.05) is 26.8 Å². The molecule has 1 aliphatic rings. The minimum atomic E-state index is -0.915. The van der Waals surface area contributed by atoms with E-state index in [4.69, 9.17) is 28.1 Å². The molecule has 0 spiro atoms. The van der Waals surface area contributed by atoms with Gasteiger partial charge in [0, 0.05) is 12.0 Å². The first-order valence-electron chi connectivity index (χ1n) is 11.1. The number of allylic oxidation sites excluding steroid dienone is 1. The maximum Gasteiger partial charge on any atom is 0.203 e. The smallest absolute Gasteiger partial charge is 0.203 e. The normalized spacial score (nSPS) is 16.4. The molecule has 34 heavy (non-hydrogen) atoms. The second-order valence-corrected chi connectivity index (χ2v) is 12.0. The highest BCUT2D eigenvalue weighted by atomic mass is 28.2. The number of ether oxygens (including phenoxy) is 5. The summed E-state index contributed by atoms with van der Waals surface area (Å²) >= 11 is 0. The monoisotopic (exact) mass is 486 g/mol. The van der Waals surface area contributed by atoms with E-state index in [0.29, 0.717) is 39.9 Å². The third kappa shape index (κ3) is 5.23. The SMILES string of the molecule is COc1ccc(C2=C(c3cc(OC)c(OC)c(OC)c3)C(=O)CC2O[SiH2]C(C)(C)C)cc1OC. The van der Waals surface area contributed by atoms with Gasteiger partial charge in [-0.05, 0) is 46.0 Å². The minimum Gasteiger partial charge on any atom is -0.493 e. The van der Waals surface area contributed by atoms with Gasteiger partial charge < -0.3 is 28.1 Å². The predicted octanol–water partition coefficient (Wildman–Crippen LogP) is 4.30. The molecule has 7 nitrogen and oxygen atoms in total. The van der Waals surface area contributed by atoms with Gasteiger partial charge in [0.05, 0.1) is 41.7 Å². The molecule has 0 saturated carbocycles. The molecule has 0 bridgehead atoms. The van der Waals surface area contributed by atoms with Gasteiger partial charge in [0.15, 0.2) is 38.5 Å². The van der Waals surface area contributed by atoms with Crippen molar-refractivity contribution in [2.75, 3.05) is 35.5 Å². The van der Waals surface area contributed by atoms with Crippen molar-refractivity contribution in [1.29, 1.82) is 0 Å². The lowest BCUT2D eigenvalue weighted by atomic mass is 9.95. The Morgan fingerprint density at radius 1 is 0.765 bits per heavy atom. The Hall–Kier alpha value is -2.97. The number of ketones is 1. The molecule has 8 heteroatoms. The van der Waals surface area contributed by atoms with E-state index in [2.05, 4.69) is 20.8 Å². The fraction of sp³-hybridized carbons (Fsp3) is 0.423. The zero-order valence-electron chi connectivity index (χ0n) is 21.2. The molecule has 0 fully saturated rings. The highest BCUT2D eigenvalue weighted by Crippen LogP contribution is 2.46. The van der Waals surface area contributed by atoms with Crippen LogP contribution in [0.1, 0.15) is 38.3 Å². The van der Waals surface area contributed by atoms with Crippen LogP contribution in [0, 0.1) is 0 Å². The van der Waals surface area contributed by atoms with Crippen molar-refractivity contribution in [2.45, 2.75) is 38.3 Å². The molecule has 2 aromatic rings. The first kappa shape index (κ1) is 25.6. The summed E-state index contributed by atoms with van der Waals surface area (Å²) in [5, 5.41) is 0.0844. The summed E-state index contributed by atoms with van der Waals surface area (Å²) in [5.74, 6) is 2.65. The van der Waals surface area contributed by atoms with E-state index >= 15 is 0 Å². The van der Waals surface area contributed by atoms with Gasteiger partial charge in [-0.2, -0.15) is 0 Å². The highest BCUT2D eigenvalue weighted by Gasteiger charge is 2.36. The van der Waals surface area contributed by atoms with Crippen LogP contribution in [-0.4, -0.2) is 57.2 Å². The zero-order valence-corrected chi connectivity index (χ0v) is 22.7. The Bertz CT molecular complexity index is 1060. The van der Waals surface area contributed by atoms with Gasteiger partial charge in [0.1, 0.15) is 0 Å². The quantitative estimate of drug-likeness (QED) is 0.489. The predicted molar refractivity (Wildman–Crippen MR) is 135 cm³/mol. The van der Waals surface area contributed by atoms with Crippen LogP contribution < -0.4 is 23.7 Å². The molecule has 0 radical (unpaired) electrons. The number of rotatable bonds is 9. The number of hydrogen-bond donors (Lipinski definition) is 0. The third-order valence-corrected chi connectivity index (χ3v) is 7.04. The summed E-state index contributed by atoms with van der Waals surface area (Å²) < 4.78 is 33.9. The van der Waals surface area contributed by atoms with Crippen LogP contribution in [0.3, 0.4) is 0 Å². The molecule has 184 valence electrons. The van der Waals surface area contributed by atoms with Gasteiger partial charge in [0.25, 0.3) is 0 Å². The Morgan fingerprint density at radius 2 is 1.32 bits per heavy atom. The van der Waals surface area contributed by atoms with Gasteiger partial charge in [0.2, 0.25) is 5.75 Å². The number of carbonyl (C=O) groups excluding carboxylic acids is 1. The van der Waals surface area contributed by atoms with E-state index < -0.39 is 9.76 Å². The lowest BCUT2D eigenvalue weighted by Crippen LogP contribution is -2.21. The summed E-state index contributed by atoms with van der Waals surface area (Å²) in [6.07, 6.45) is -0.0655. The first-order valence-corrected chi connectivity index (χ1v) is 12.4. The molecule has 0 N–H and O–H groups in total. The summed E-state index contributed by atoms with van der Waals surface area (Å²) in [4.78, 5) is 13.4. The van der Waals surface area contributed by atoms with Crippen molar-refractivity contribution >= 4 is 26.7 Å². The second-order valence-electron chi connectivity index (χ2n) is 9.26. The van der Waals surface area contributed by atoms with Crippen LogP contribution in [0.4, 0.5) is 0 Å².